The molecule has 3 rings (SSSR count). The van der Waals surface area contributed by atoms with Crippen LogP contribution in [0.4, 0.5) is 10.1 Å². The lowest BCUT2D eigenvalue weighted by atomic mass is 10.1. The molecule has 5 nitrogen and oxygen atoms in total. The molecule has 0 spiro atoms. The van der Waals surface area contributed by atoms with Gasteiger partial charge in [-0.25, -0.2) is 9.18 Å². The van der Waals surface area contributed by atoms with Crippen LogP contribution in [0.3, 0.4) is 0 Å². The molecule has 6 heteroatoms. The van der Waals surface area contributed by atoms with E-state index < -0.39 is 11.8 Å². The van der Waals surface area contributed by atoms with Crippen LogP contribution in [0.15, 0.2) is 18.2 Å². The van der Waals surface area contributed by atoms with E-state index in [-0.39, 0.29) is 17.4 Å². The Morgan fingerprint density at radius 2 is 2.38 bits per heavy atom. The minimum absolute atomic E-state index is 0.0390. The number of ether oxygens (including phenoxy) is 1. The minimum atomic E-state index is -1.14. The van der Waals surface area contributed by atoms with Gasteiger partial charge >= 0.3 is 5.97 Å². The number of fused-ring (bicyclic) bond motifs is 1. The molecule has 2 heterocycles. The van der Waals surface area contributed by atoms with E-state index in [1.807, 2.05) is 0 Å². The maximum absolute atomic E-state index is 13.8. The quantitative estimate of drug-likeness (QED) is 0.886. The summed E-state index contributed by atoms with van der Waals surface area (Å²) >= 11 is 0. The smallest absolute Gasteiger partial charge is 0.337 e. The summed E-state index contributed by atoms with van der Waals surface area (Å²) in [6, 6.07) is 4.57. The van der Waals surface area contributed by atoms with Crippen molar-refractivity contribution >= 4 is 11.7 Å². The molecular weight excluding hydrogens is 275 g/mol. The third kappa shape index (κ3) is 3.01. The second-order valence-electron chi connectivity index (χ2n) is 5.59. The molecule has 0 aliphatic carbocycles. The van der Waals surface area contributed by atoms with Crippen LogP contribution in [0.2, 0.25) is 0 Å². The Hall–Kier alpha value is -1.66. The number of hydrogen-bond donors (Lipinski definition) is 2. The van der Waals surface area contributed by atoms with Gasteiger partial charge in [0.05, 0.1) is 24.0 Å². The summed E-state index contributed by atoms with van der Waals surface area (Å²) in [4.78, 5) is 13.5. The second kappa shape index (κ2) is 5.99. The zero-order valence-corrected chi connectivity index (χ0v) is 11.7. The lowest BCUT2D eigenvalue weighted by molar-refractivity contribution is -0.0416. The number of anilines is 1. The van der Waals surface area contributed by atoms with Crippen LogP contribution in [0, 0.1) is 5.82 Å². The summed E-state index contributed by atoms with van der Waals surface area (Å²) in [5, 5.41) is 12.0. The van der Waals surface area contributed by atoms with Gasteiger partial charge in [-0.1, -0.05) is 6.07 Å². The first-order valence-electron chi connectivity index (χ1n) is 7.26. The largest absolute Gasteiger partial charge is 0.478 e. The molecule has 1 aromatic carbocycles. The maximum Gasteiger partial charge on any atom is 0.337 e. The Bertz CT molecular complexity index is 538. The first-order valence-corrected chi connectivity index (χ1v) is 7.26. The molecule has 0 saturated carbocycles. The Morgan fingerprint density at radius 3 is 3.19 bits per heavy atom. The predicted molar refractivity (Wildman–Crippen MR) is 76.2 cm³/mol. The van der Waals surface area contributed by atoms with Crippen molar-refractivity contribution in [1.82, 2.24) is 4.90 Å². The van der Waals surface area contributed by atoms with Crippen LogP contribution < -0.4 is 5.32 Å². The molecule has 2 aliphatic heterocycles. The number of carboxylic acid groups (broad SMARTS) is 1. The van der Waals surface area contributed by atoms with Crippen LogP contribution in [0.5, 0.6) is 0 Å². The molecule has 1 aromatic rings. The van der Waals surface area contributed by atoms with Crippen LogP contribution in [0.1, 0.15) is 23.2 Å². The summed E-state index contributed by atoms with van der Waals surface area (Å²) in [5.74, 6) is -1.69. The molecule has 0 amide bonds. The summed E-state index contributed by atoms with van der Waals surface area (Å²) in [7, 11) is 0. The van der Waals surface area contributed by atoms with Crippen molar-refractivity contribution in [2.24, 2.45) is 0 Å². The highest BCUT2D eigenvalue weighted by Gasteiger charge is 2.32. The first kappa shape index (κ1) is 14.3. The number of nitrogens with one attached hydrogen (secondary N) is 1. The molecule has 0 radical (unpaired) electrons. The van der Waals surface area contributed by atoms with E-state index in [1.165, 1.54) is 31.0 Å². The Kier molecular flexibility index (Phi) is 4.07. The van der Waals surface area contributed by atoms with Gasteiger partial charge < -0.3 is 15.2 Å². The van der Waals surface area contributed by atoms with Crippen molar-refractivity contribution in [3.05, 3.63) is 29.6 Å². The fourth-order valence-electron chi connectivity index (χ4n) is 3.11. The summed E-state index contributed by atoms with van der Waals surface area (Å²) in [6.07, 6.45) is 2.34. The third-order valence-corrected chi connectivity index (χ3v) is 4.21. The number of carbonyl (C=O) groups is 1. The zero-order chi connectivity index (χ0) is 14.8. The standard InChI is InChI=1S/C15H19FN2O3/c16-13-5-1-4-12(15(19)20)14(13)17-7-11-8-18-6-2-3-10(18)9-21-11/h1,4-5,10-11,17H,2-3,6-9H2,(H,19,20). The molecule has 2 atom stereocenters. The fraction of sp³-hybridized carbons (Fsp3) is 0.533. The highest BCUT2D eigenvalue weighted by atomic mass is 19.1. The van der Waals surface area contributed by atoms with E-state index in [9.17, 15) is 9.18 Å². The number of rotatable bonds is 4. The van der Waals surface area contributed by atoms with Gasteiger partial charge in [0.1, 0.15) is 5.82 Å². The van der Waals surface area contributed by atoms with Crippen molar-refractivity contribution in [3.8, 4) is 0 Å². The highest BCUT2D eigenvalue weighted by molar-refractivity contribution is 5.94. The van der Waals surface area contributed by atoms with E-state index in [2.05, 4.69) is 10.2 Å². The summed E-state index contributed by atoms with van der Waals surface area (Å²) < 4.78 is 19.6. The van der Waals surface area contributed by atoms with Gasteiger partial charge in [-0.15, -0.1) is 0 Å². The molecule has 114 valence electrons. The number of hydrogen-bond acceptors (Lipinski definition) is 4. The van der Waals surface area contributed by atoms with Crippen LogP contribution in [-0.4, -0.2) is 54.4 Å². The number of morpholine rings is 1. The highest BCUT2D eigenvalue weighted by Crippen LogP contribution is 2.24. The lowest BCUT2D eigenvalue weighted by Gasteiger charge is -2.35. The van der Waals surface area contributed by atoms with E-state index in [0.717, 1.165) is 13.1 Å². The van der Waals surface area contributed by atoms with Crippen molar-refractivity contribution in [3.63, 3.8) is 0 Å². The number of nitrogens with zero attached hydrogens (tertiary/aromatic N) is 1. The average Bonchev–Trinajstić information content (AvgIpc) is 2.93. The van der Waals surface area contributed by atoms with E-state index in [4.69, 9.17) is 9.84 Å². The molecule has 2 aliphatic rings. The van der Waals surface area contributed by atoms with Gasteiger partial charge in [0.25, 0.3) is 0 Å². The van der Waals surface area contributed by atoms with Crippen molar-refractivity contribution in [2.75, 3.05) is 31.6 Å². The van der Waals surface area contributed by atoms with Gasteiger partial charge in [-0.05, 0) is 31.5 Å². The summed E-state index contributed by atoms with van der Waals surface area (Å²) in [6.45, 7) is 3.01. The Labute approximate surface area is 122 Å². The van der Waals surface area contributed by atoms with Crippen LogP contribution in [-0.2, 0) is 4.74 Å². The lowest BCUT2D eigenvalue weighted by Crippen LogP contribution is -2.48. The molecule has 0 bridgehead atoms. The van der Waals surface area contributed by atoms with Gasteiger partial charge in [0, 0.05) is 19.1 Å². The number of para-hydroxylation sites is 1. The van der Waals surface area contributed by atoms with Gasteiger partial charge in [-0.2, -0.15) is 0 Å². The SMILES string of the molecule is O=C(O)c1cccc(F)c1NCC1CN2CCCC2CO1. The topological polar surface area (TPSA) is 61.8 Å². The van der Waals surface area contributed by atoms with Crippen molar-refractivity contribution in [1.29, 1.82) is 0 Å². The van der Waals surface area contributed by atoms with Crippen molar-refractivity contribution in [2.45, 2.75) is 25.0 Å². The fourth-order valence-corrected chi connectivity index (χ4v) is 3.11. The third-order valence-electron chi connectivity index (χ3n) is 4.21. The van der Waals surface area contributed by atoms with Gasteiger partial charge in [0.15, 0.2) is 0 Å². The molecular formula is C15H19FN2O3. The predicted octanol–water partition coefficient (Wildman–Crippen LogP) is 1.80. The van der Waals surface area contributed by atoms with Crippen molar-refractivity contribution < 1.29 is 19.0 Å². The minimum Gasteiger partial charge on any atom is -0.478 e. The van der Waals surface area contributed by atoms with Gasteiger partial charge in [0.2, 0.25) is 0 Å². The monoisotopic (exact) mass is 294 g/mol. The number of aromatic carboxylic acids is 1. The first-order chi connectivity index (χ1) is 10.1. The Morgan fingerprint density at radius 1 is 1.52 bits per heavy atom. The maximum atomic E-state index is 13.8. The molecule has 21 heavy (non-hydrogen) atoms. The molecule has 2 saturated heterocycles. The second-order valence-corrected chi connectivity index (χ2v) is 5.59. The number of halogens is 1. The van der Waals surface area contributed by atoms with E-state index in [1.54, 1.807) is 0 Å². The molecule has 2 unspecified atom stereocenters. The average molecular weight is 294 g/mol. The number of benzene rings is 1. The molecule has 0 aromatic heterocycles. The normalized spacial score (nSPS) is 25.6. The van der Waals surface area contributed by atoms with Gasteiger partial charge in [-0.3, -0.25) is 4.90 Å². The van der Waals surface area contributed by atoms with E-state index >= 15 is 0 Å². The Balaban J connectivity index is 1.64. The van der Waals surface area contributed by atoms with E-state index in [0.29, 0.717) is 19.2 Å². The van der Waals surface area contributed by atoms with Crippen LogP contribution in [0.25, 0.3) is 0 Å². The van der Waals surface area contributed by atoms with Crippen LogP contribution >= 0.6 is 0 Å². The molecule has 2 N–H and O–H groups in total. The summed E-state index contributed by atoms with van der Waals surface area (Å²) in [5.41, 5.74) is -0.0120. The molecule has 2 fully saturated rings. The zero-order valence-electron chi connectivity index (χ0n) is 11.7. The number of carboxylic acids is 1.